The summed E-state index contributed by atoms with van der Waals surface area (Å²) < 4.78 is 1.72. The monoisotopic (exact) mass is 210 g/mol. The predicted octanol–water partition coefficient (Wildman–Crippen LogP) is 1.98. The third-order valence-corrected chi connectivity index (χ3v) is 2.48. The Morgan fingerprint density at radius 2 is 1.88 bits per heavy atom. The lowest BCUT2D eigenvalue weighted by Crippen LogP contribution is -1.95. The average molecular weight is 210 g/mol. The fourth-order valence-corrected chi connectivity index (χ4v) is 1.70. The molecule has 0 bridgehead atoms. The second kappa shape index (κ2) is 3.34. The summed E-state index contributed by atoms with van der Waals surface area (Å²) in [5.41, 5.74) is 8.55. The third-order valence-electron chi connectivity index (χ3n) is 2.48. The van der Waals surface area contributed by atoms with Crippen molar-refractivity contribution in [2.24, 2.45) is 0 Å². The van der Waals surface area contributed by atoms with Crippen molar-refractivity contribution in [3.05, 3.63) is 48.8 Å². The first-order chi connectivity index (χ1) is 7.84. The summed E-state index contributed by atoms with van der Waals surface area (Å²) in [4.78, 5) is 4.29. The van der Waals surface area contributed by atoms with Crippen LogP contribution < -0.4 is 5.73 Å². The lowest BCUT2D eigenvalue weighted by Gasteiger charge is -1.98. The van der Waals surface area contributed by atoms with E-state index < -0.39 is 0 Å². The minimum Gasteiger partial charge on any atom is -0.384 e. The standard InChI is InChI=1S/C12H10N4/c13-11-6-7-16-12(15-11)10(8-14-16)9-4-2-1-3-5-9/h1-8H,(H2,13,15). The Labute approximate surface area is 92.4 Å². The van der Waals surface area contributed by atoms with Crippen LogP contribution in [0.25, 0.3) is 16.8 Å². The van der Waals surface area contributed by atoms with Crippen LogP contribution >= 0.6 is 0 Å². The molecule has 0 aliphatic carbocycles. The summed E-state index contributed by atoms with van der Waals surface area (Å²) in [5.74, 6) is 0.505. The SMILES string of the molecule is Nc1ccn2ncc(-c3ccccc3)c2n1. The predicted molar refractivity (Wildman–Crippen MR) is 62.8 cm³/mol. The molecule has 0 aliphatic rings. The Morgan fingerprint density at radius 3 is 2.69 bits per heavy atom. The minimum atomic E-state index is 0.505. The van der Waals surface area contributed by atoms with Gasteiger partial charge in [-0.05, 0) is 11.6 Å². The van der Waals surface area contributed by atoms with Crippen LogP contribution in [0.5, 0.6) is 0 Å². The van der Waals surface area contributed by atoms with Crippen LogP contribution in [0.15, 0.2) is 48.8 Å². The van der Waals surface area contributed by atoms with Crippen LogP contribution in [-0.4, -0.2) is 14.6 Å². The fraction of sp³-hybridized carbons (Fsp3) is 0. The van der Waals surface area contributed by atoms with Crippen molar-refractivity contribution < 1.29 is 0 Å². The minimum absolute atomic E-state index is 0.505. The molecule has 2 N–H and O–H groups in total. The summed E-state index contributed by atoms with van der Waals surface area (Å²) in [6, 6.07) is 11.8. The van der Waals surface area contributed by atoms with E-state index in [1.807, 2.05) is 36.5 Å². The summed E-state index contributed by atoms with van der Waals surface area (Å²) in [7, 11) is 0. The molecule has 2 heterocycles. The number of nitrogens with two attached hydrogens (primary N) is 1. The number of benzene rings is 1. The van der Waals surface area contributed by atoms with Crippen LogP contribution in [0.4, 0.5) is 5.82 Å². The van der Waals surface area contributed by atoms with Gasteiger partial charge in [0.2, 0.25) is 0 Å². The molecule has 4 heteroatoms. The smallest absolute Gasteiger partial charge is 0.165 e. The van der Waals surface area contributed by atoms with E-state index >= 15 is 0 Å². The van der Waals surface area contributed by atoms with E-state index in [0.29, 0.717) is 5.82 Å². The Bertz CT molecular complexity index is 628. The molecule has 0 saturated heterocycles. The molecule has 0 aliphatic heterocycles. The molecule has 0 spiro atoms. The first kappa shape index (κ1) is 8.91. The van der Waals surface area contributed by atoms with E-state index in [9.17, 15) is 0 Å². The number of fused-ring (bicyclic) bond motifs is 1. The normalized spacial score (nSPS) is 10.8. The zero-order chi connectivity index (χ0) is 11.0. The van der Waals surface area contributed by atoms with E-state index in [4.69, 9.17) is 5.73 Å². The highest BCUT2D eigenvalue weighted by Gasteiger charge is 2.07. The maximum Gasteiger partial charge on any atom is 0.165 e. The highest BCUT2D eigenvalue weighted by Crippen LogP contribution is 2.22. The summed E-state index contributed by atoms with van der Waals surface area (Å²) in [5, 5.41) is 4.23. The van der Waals surface area contributed by atoms with E-state index in [1.54, 1.807) is 16.8 Å². The Morgan fingerprint density at radius 1 is 1.06 bits per heavy atom. The van der Waals surface area contributed by atoms with Crippen molar-refractivity contribution in [3.8, 4) is 11.1 Å². The van der Waals surface area contributed by atoms with Gasteiger partial charge >= 0.3 is 0 Å². The number of hydrogen-bond donors (Lipinski definition) is 1. The van der Waals surface area contributed by atoms with E-state index in [-0.39, 0.29) is 0 Å². The molecule has 3 aromatic rings. The van der Waals surface area contributed by atoms with Gasteiger partial charge in [0.1, 0.15) is 5.82 Å². The number of anilines is 1. The maximum absolute atomic E-state index is 5.68. The number of rotatable bonds is 1. The first-order valence-corrected chi connectivity index (χ1v) is 5.00. The number of nitrogens with zero attached hydrogens (tertiary/aromatic N) is 3. The van der Waals surface area contributed by atoms with Gasteiger partial charge in [-0.25, -0.2) is 9.50 Å². The number of aromatic nitrogens is 3. The van der Waals surface area contributed by atoms with Crippen molar-refractivity contribution in [2.75, 3.05) is 5.73 Å². The van der Waals surface area contributed by atoms with E-state index in [0.717, 1.165) is 16.8 Å². The lowest BCUT2D eigenvalue weighted by molar-refractivity contribution is 0.942. The van der Waals surface area contributed by atoms with Crippen LogP contribution in [0, 0.1) is 0 Å². The molecule has 0 saturated carbocycles. The molecule has 78 valence electrons. The third kappa shape index (κ3) is 1.32. The van der Waals surface area contributed by atoms with Gasteiger partial charge in [0.15, 0.2) is 5.65 Å². The van der Waals surface area contributed by atoms with Crippen LogP contribution in [0.1, 0.15) is 0 Å². The maximum atomic E-state index is 5.68. The second-order valence-corrected chi connectivity index (χ2v) is 3.54. The van der Waals surface area contributed by atoms with Crippen molar-refractivity contribution in [2.45, 2.75) is 0 Å². The quantitative estimate of drug-likeness (QED) is 0.668. The molecule has 0 fully saturated rings. The molecule has 1 aromatic carbocycles. The van der Waals surface area contributed by atoms with Crippen molar-refractivity contribution in [1.82, 2.24) is 14.6 Å². The Hall–Kier alpha value is -2.36. The first-order valence-electron chi connectivity index (χ1n) is 5.00. The van der Waals surface area contributed by atoms with Gasteiger partial charge < -0.3 is 5.73 Å². The summed E-state index contributed by atoms with van der Waals surface area (Å²) in [6.07, 6.45) is 3.61. The van der Waals surface area contributed by atoms with Gasteiger partial charge in [-0.3, -0.25) is 0 Å². The van der Waals surface area contributed by atoms with Crippen molar-refractivity contribution in [1.29, 1.82) is 0 Å². The molecule has 0 unspecified atom stereocenters. The fourth-order valence-electron chi connectivity index (χ4n) is 1.70. The molecule has 0 atom stereocenters. The van der Waals surface area contributed by atoms with Crippen LogP contribution in [0.3, 0.4) is 0 Å². The number of hydrogen-bond acceptors (Lipinski definition) is 3. The largest absolute Gasteiger partial charge is 0.384 e. The highest BCUT2D eigenvalue weighted by molar-refractivity contribution is 5.77. The zero-order valence-electron chi connectivity index (χ0n) is 8.54. The average Bonchev–Trinajstić information content (AvgIpc) is 2.73. The molecule has 0 amide bonds. The molecular formula is C12H10N4. The zero-order valence-corrected chi connectivity index (χ0v) is 8.54. The van der Waals surface area contributed by atoms with Gasteiger partial charge in [-0.15, -0.1) is 0 Å². The van der Waals surface area contributed by atoms with Gasteiger partial charge in [0.25, 0.3) is 0 Å². The Balaban J connectivity index is 2.29. The lowest BCUT2D eigenvalue weighted by atomic mass is 10.1. The van der Waals surface area contributed by atoms with Crippen LogP contribution in [0.2, 0.25) is 0 Å². The van der Waals surface area contributed by atoms with E-state index in [2.05, 4.69) is 10.1 Å². The van der Waals surface area contributed by atoms with Crippen LogP contribution in [-0.2, 0) is 0 Å². The van der Waals surface area contributed by atoms with Crippen molar-refractivity contribution >= 4 is 11.5 Å². The molecule has 16 heavy (non-hydrogen) atoms. The summed E-state index contributed by atoms with van der Waals surface area (Å²) in [6.45, 7) is 0. The van der Waals surface area contributed by atoms with Gasteiger partial charge in [0.05, 0.1) is 6.20 Å². The van der Waals surface area contributed by atoms with Crippen molar-refractivity contribution in [3.63, 3.8) is 0 Å². The Kier molecular flexibility index (Phi) is 1.86. The molecule has 2 aromatic heterocycles. The summed E-state index contributed by atoms with van der Waals surface area (Å²) >= 11 is 0. The van der Waals surface area contributed by atoms with Gasteiger partial charge in [0, 0.05) is 11.8 Å². The second-order valence-electron chi connectivity index (χ2n) is 3.54. The van der Waals surface area contributed by atoms with Gasteiger partial charge in [-0.2, -0.15) is 5.10 Å². The topological polar surface area (TPSA) is 56.2 Å². The number of nitrogen functional groups attached to an aromatic ring is 1. The molecule has 4 nitrogen and oxygen atoms in total. The highest BCUT2D eigenvalue weighted by atomic mass is 15.2. The van der Waals surface area contributed by atoms with E-state index in [1.165, 1.54) is 0 Å². The molecule has 3 rings (SSSR count). The van der Waals surface area contributed by atoms with Gasteiger partial charge in [-0.1, -0.05) is 30.3 Å². The molecular weight excluding hydrogens is 200 g/mol. The molecule has 0 radical (unpaired) electrons.